The fourth-order valence-electron chi connectivity index (χ4n) is 2.86. The van der Waals surface area contributed by atoms with Gasteiger partial charge in [-0.05, 0) is 17.7 Å². The first-order valence-corrected chi connectivity index (χ1v) is 8.23. The molecular weight excluding hydrogens is 366 g/mol. The lowest BCUT2D eigenvalue weighted by atomic mass is 9.93. The van der Waals surface area contributed by atoms with Gasteiger partial charge in [0.1, 0.15) is 24.3 Å². The van der Waals surface area contributed by atoms with Gasteiger partial charge < -0.3 is 15.4 Å². The fourth-order valence-corrected chi connectivity index (χ4v) is 3.05. The maximum absolute atomic E-state index is 14.2. The van der Waals surface area contributed by atoms with E-state index in [1.165, 1.54) is 0 Å². The zero-order valence-electron chi connectivity index (χ0n) is 13.5. The van der Waals surface area contributed by atoms with Crippen molar-refractivity contribution in [1.29, 1.82) is 0 Å². The molecule has 0 spiro atoms. The topological polar surface area (TPSA) is 67.4 Å². The van der Waals surface area contributed by atoms with Crippen molar-refractivity contribution >= 4 is 23.6 Å². The Morgan fingerprint density at radius 2 is 1.88 bits per heavy atom. The first-order valence-electron chi connectivity index (χ1n) is 7.85. The highest BCUT2D eigenvalue weighted by atomic mass is 35.5. The Balaban J connectivity index is 1.71. The third-order valence-corrected chi connectivity index (χ3v) is 4.30. The summed E-state index contributed by atoms with van der Waals surface area (Å²) in [6.45, 7) is -0.00666. The molecule has 1 heterocycles. The van der Waals surface area contributed by atoms with Crippen molar-refractivity contribution in [2.75, 3.05) is 6.54 Å². The van der Waals surface area contributed by atoms with Gasteiger partial charge in [-0.15, -0.1) is 0 Å². The lowest BCUT2D eigenvalue weighted by molar-refractivity contribution is -0.120. The fraction of sp³-hybridized carbons (Fsp3) is 0.222. The number of halogens is 3. The van der Waals surface area contributed by atoms with Gasteiger partial charge in [-0.3, -0.25) is 4.79 Å². The zero-order chi connectivity index (χ0) is 18.7. The van der Waals surface area contributed by atoms with E-state index in [0.29, 0.717) is 0 Å². The summed E-state index contributed by atoms with van der Waals surface area (Å²) in [5.74, 6) is -3.20. The SMILES string of the molecule is O=C(N[C@@H]1C(=O)NC[C@H]1c1c(F)cc(Cl)cc1F)OCc1ccccc1. The van der Waals surface area contributed by atoms with Crippen molar-refractivity contribution in [2.45, 2.75) is 18.6 Å². The van der Waals surface area contributed by atoms with E-state index in [9.17, 15) is 18.4 Å². The Morgan fingerprint density at radius 1 is 1.23 bits per heavy atom. The molecule has 0 aliphatic carbocycles. The average molecular weight is 381 g/mol. The highest BCUT2D eigenvalue weighted by Crippen LogP contribution is 2.30. The van der Waals surface area contributed by atoms with Crippen molar-refractivity contribution in [3.05, 3.63) is 70.2 Å². The maximum atomic E-state index is 14.2. The van der Waals surface area contributed by atoms with Crippen LogP contribution in [0.5, 0.6) is 0 Å². The van der Waals surface area contributed by atoms with Gasteiger partial charge >= 0.3 is 6.09 Å². The van der Waals surface area contributed by atoms with Gasteiger partial charge in [-0.25, -0.2) is 13.6 Å². The molecule has 0 saturated carbocycles. The molecule has 136 valence electrons. The molecule has 5 nitrogen and oxygen atoms in total. The molecule has 0 unspecified atom stereocenters. The maximum Gasteiger partial charge on any atom is 0.408 e. The summed E-state index contributed by atoms with van der Waals surface area (Å²) in [6.07, 6.45) is -0.851. The Labute approximate surface area is 153 Å². The number of carbonyl (C=O) groups is 2. The summed E-state index contributed by atoms with van der Waals surface area (Å²) in [4.78, 5) is 24.0. The van der Waals surface area contributed by atoms with Gasteiger partial charge in [-0.1, -0.05) is 41.9 Å². The molecule has 1 aliphatic rings. The van der Waals surface area contributed by atoms with E-state index in [1.54, 1.807) is 24.3 Å². The third-order valence-electron chi connectivity index (χ3n) is 4.08. The number of ether oxygens (including phenoxy) is 1. The molecule has 26 heavy (non-hydrogen) atoms. The predicted molar refractivity (Wildman–Crippen MR) is 90.7 cm³/mol. The number of hydrogen-bond acceptors (Lipinski definition) is 3. The summed E-state index contributed by atoms with van der Waals surface area (Å²) in [5, 5.41) is 4.78. The molecule has 8 heteroatoms. The second-order valence-electron chi connectivity index (χ2n) is 5.82. The molecule has 2 aromatic rings. The van der Waals surface area contributed by atoms with Gasteiger partial charge in [0, 0.05) is 23.0 Å². The van der Waals surface area contributed by atoms with Gasteiger partial charge in [-0.2, -0.15) is 0 Å². The van der Waals surface area contributed by atoms with Gasteiger partial charge in [0.2, 0.25) is 5.91 Å². The Bertz CT molecular complexity index is 809. The van der Waals surface area contributed by atoms with Crippen LogP contribution in [0, 0.1) is 11.6 Å². The van der Waals surface area contributed by atoms with Crippen molar-refractivity contribution < 1.29 is 23.1 Å². The van der Waals surface area contributed by atoms with E-state index in [4.69, 9.17) is 16.3 Å². The number of amides is 2. The minimum atomic E-state index is -1.15. The van der Waals surface area contributed by atoms with Crippen LogP contribution in [0.4, 0.5) is 13.6 Å². The van der Waals surface area contributed by atoms with Gasteiger partial charge in [0.25, 0.3) is 0 Å². The highest BCUT2D eigenvalue weighted by Gasteiger charge is 2.40. The minimum absolute atomic E-state index is 0.00927. The lowest BCUT2D eigenvalue weighted by Gasteiger charge is -2.19. The summed E-state index contributed by atoms with van der Waals surface area (Å²) in [6, 6.07) is 9.75. The van der Waals surface area contributed by atoms with Crippen molar-refractivity contribution in [3.8, 4) is 0 Å². The summed E-state index contributed by atoms with van der Waals surface area (Å²) in [5.41, 5.74) is 0.464. The first-order chi connectivity index (χ1) is 12.5. The van der Waals surface area contributed by atoms with Crippen molar-refractivity contribution in [3.63, 3.8) is 0 Å². The minimum Gasteiger partial charge on any atom is -0.445 e. The Kier molecular flexibility index (Phi) is 5.37. The summed E-state index contributed by atoms with van der Waals surface area (Å²) >= 11 is 5.63. The molecule has 0 radical (unpaired) electrons. The largest absolute Gasteiger partial charge is 0.445 e. The molecule has 2 N–H and O–H groups in total. The van der Waals surface area contributed by atoms with Gasteiger partial charge in [0.15, 0.2) is 0 Å². The van der Waals surface area contributed by atoms with Crippen LogP contribution in [-0.4, -0.2) is 24.6 Å². The van der Waals surface area contributed by atoms with E-state index in [0.717, 1.165) is 17.7 Å². The molecule has 0 bridgehead atoms. The van der Waals surface area contributed by atoms with E-state index >= 15 is 0 Å². The second kappa shape index (κ2) is 7.70. The molecule has 1 fully saturated rings. The van der Waals surface area contributed by atoms with Crippen LogP contribution in [0.3, 0.4) is 0 Å². The molecule has 1 saturated heterocycles. The molecule has 2 atom stereocenters. The molecular formula is C18H15ClF2N2O3. The standard InChI is InChI=1S/C18H15ClF2N2O3/c19-11-6-13(20)15(14(21)7-11)12-8-22-17(24)16(12)23-18(25)26-9-10-4-2-1-3-5-10/h1-7,12,16H,8-9H2,(H,22,24)(H,23,25)/t12-,16-/m0/s1. The molecule has 1 aliphatic heterocycles. The van der Waals surface area contributed by atoms with Crippen LogP contribution in [-0.2, 0) is 16.1 Å². The second-order valence-corrected chi connectivity index (χ2v) is 6.25. The van der Waals surface area contributed by atoms with E-state index in [1.807, 2.05) is 6.07 Å². The van der Waals surface area contributed by atoms with E-state index in [2.05, 4.69) is 10.6 Å². The van der Waals surface area contributed by atoms with Crippen molar-refractivity contribution in [1.82, 2.24) is 10.6 Å². The van der Waals surface area contributed by atoms with E-state index in [-0.39, 0.29) is 23.7 Å². The third kappa shape index (κ3) is 3.94. The molecule has 2 aromatic carbocycles. The number of benzene rings is 2. The molecule has 2 amide bonds. The van der Waals surface area contributed by atoms with Crippen LogP contribution in [0.1, 0.15) is 17.0 Å². The van der Waals surface area contributed by atoms with Crippen LogP contribution in [0.2, 0.25) is 5.02 Å². The monoisotopic (exact) mass is 380 g/mol. The number of alkyl carbamates (subject to hydrolysis) is 1. The Hall–Kier alpha value is -2.67. The number of hydrogen-bond donors (Lipinski definition) is 2. The van der Waals surface area contributed by atoms with Crippen molar-refractivity contribution in [2.24, 2.45) is 0 Å². The lowest BCUT2D eigenvalue weighted by Crippen LogP contribution is -2.43. The van der Waals surface area contributed by atoms with Gasteiger partial charge in [0.05, 0.1) is 0 Å². The normalized spacial score (nSPS) is 19.1. The first kappa shape index (κ1) is 18.1. The highest BCUT2D eigenvalue weighted by molar-refractivity contribution is 6.30. The Morgan fingerprint density at radius 3 is 2.54 bits per heavy atom. The number of nitrogens with one attached hydrogen (secondary N) is 2. The predicted octanol–water partition coefficient (Wildman–Crippen LogP) is 3.13. The van der Waals surface area contributed by atoms with Crippen LogP contribution in [0.25, 0.3) is 0 Å². The molecule has 0 aromatic heterocycles. The zero-order valence-corrected chi connectivity index (χ0v) is 14.2. The van der Waals surface area contributed by atoms with Crippen LogP contribution in [0.15, 0.2) is 42.5 Å². The summed E-state index contributed by atoms with van der Waals surface area (Å²) in [7, 11) is 0. The van der Waals surface area contributed by atoms with Crippen LogP contribution < -0.4 is 10.6 Å². The smallest absolute Gasteiger partial charge is 0.408 e. The quantitative estimate of drug-likeness (QED) is 0.856. The molecule has 3 rings (SSSR count). The van der Waals surface area contributed by atoms with Crippen LogP contribution >= 0.6 is 11.6 Å². The summed E-state index contributed by atoms with van der Waals surface area (Å²) < 4.78 is 33.4. The number of rotatable bonds is 4. The number of carbonyl (C=O) groups excluding carboxylic acids is 2. The van der Waals surface area contributed by atoms with E-state index < -0.39 is 35.6 Å². The average Bonchev–Trinajstić information content (AvgIpc) is 2.94.